The smallest absolute Gasteiger partial charge is 0.263 e. The molecule has 1 fully saturated rings. The average molecular weight is 416 g/mol. The van der Waals surface area contributed by atoms with Crippen LogP contribution >= 0.6 is 23.8 Å². The first-order valence-electron chi connectivity index (χ1n) is 8.07. The maximum Gasteiger partial charge on any atom is 0.263 e. The topological polar surface area (TPSA) is 96.5 Å². The minimum Gasteiger partial charge on any atom is -0.484 e. The molecule has 1 aliphatic rings. The molecule has 0 unspecified atom stereocenters. The Bertz CT molecular complexity index is 967. The van der Waals surface area contributed by atoms with Crippen molar-refractivity contribution in [3.8, 4) is 5.75 Å². The SMILES string of the molecule is O=C(COc1cccc(C=C2C(=O)NC(=S)NC2=O)c1)Nc1ccc(Cl)cc1. The van der Waals surface area contributed by atoms with Crippen LogP contribution in [0, 0.1) is 0 Å². The number of ether oxygens (including phenoxy) is 1. The van der Waals surface area contributed by atoms with Gasteiger partial charge in [0.25, 0.3) is 17.7 Å². The van der Waals surface area contributed by atoms with Crippen molar-refractivity contribution >= 4 is 58.4 Å². The highest BCUT2D eigenvalue weighted by atomic mass is 35.5. The highest BCUT2D eigenvalue weighted by molar-refractivity contribution is 7.80. The van der Waals surface area contributed by atoms with E-state index < -0.39 is 11.8 Å². The van der Waals surface area contributed by atoms with E-state index in [0.717, 1.165) is 0 Å². The Kier molecular flexibility index (Phi) is 6.03. The summed E-state index contributed by atoms with van der Waals surface area (Å²) in [5, 5.41) is 7.95. The molecule has 0 saturated carbocycles. The van der Waals surface area contributed by atoms with Crippen LogP contribution in [-0.2, 0) is 14.4 Å². The molecule has 0 atom stereocenters. The van der Waals surface area contributed by atoms with Crippen molar-refractivity contribution in [2.75, 3.05) is 11.9 Å². The second-order valence-corrected chi connectivity index (χ2v) is 6.56. The van der Waals surface area contributed by atoms with Gasteiger partial charge in [0.15, 0.2) is 11.7 Å². The third-order valence-electron chi connectivity index (χ3n) is 3.61. The fourth-order valence-corrected chi connectivity index (χ4v) is 2.66. The van der Waals surface area contributed by atoms with E-state index in [2.05, 4.69) is 16.0 Å². The van der Waals surface area contributed by atoms with Gasteiger partial charge in [-0.25, -0.2) is 0 Å². The number of hydrogen-bond acceptors (Lipinski definition) is 5. The van der Waals surface area contributed by atoms with E-state index in [4.69, 9.17) is 28.6 Å². The number of benzene rings is 2. The number of hydrogen-bond donors (Lipinski definition) is 3. The quantitative estimate of drug-likeness (QED) is 0.395. The number of nitrogens with one attached hydrogen (secondary N) is 3. The third kappa shape index (κ3) is 5.15. The maximum atomic E-state index is 12.0. The number of anilines is 1. The number of rotatable bonds is 5. The van der Waals surface area contributed by atoms with Crippen LogP contribution in [-0.4, -0.2) is 29.4 Å². The predicted molar refractivity (Wildman–Crippen MR) is 109 cm³/mol. The van der Waals surface area contributed by atoms with Gasteiger partial charge in [-0.3, -0.25) is 25.0 Å². The number of carbonyl (C=O) groups is 3. The van der Waals surface area contributed by atoms with Gasteiger partial charge in [-0.2, -0.15) is 0 Å². The summed E-state index contributed by atoms with van der Waals surface area (Å²) >= 11 is 10.6. The monoisotopic (exact) mass is 415 g/mol. The van der Waals surface area contributed by atoms with E-state index >= 15 is 0 Å². The summed E-state index contributed by atoms with van der Waals surface area (Å²) in [7, 11) is 0. The summed E-state index contributed by atoms with van der Waals surface area (Å²) in [6.45, 7) is -0.210. The number of amides is 3. The zero-order chi connectivity index (χ0) is 20.1. The third-order valence-corrected chi connectivity index (χ3v) is 4.07. The van der Waals surface area contributed by atoms with Gasteiger partial charge in [0.1, 0.15) is 11.3 Å². The molecule has 1 saturated heterocycles. The van der Waals surface area contributed by atoms with Crippen LogP contribution in [0.5, 0.6) is 5.75 Å². The van der Waals surface area contributed by atoms with Crippen LogP contribution in [0.2, 0.25) is 5.02 Å². The van der Waals surface area contributed by atoms with Gasteiger partial charge >= 0.3 is 0 Å². The Hall–Kier alpha value is -3.23. The van der Waals surface area contributed by atoms with Crippen molar-refractivity contribution in [1.82, 2.24) is 10.6 Å². The number of halogens is 1. The summed E-state index contributed by atoms with van der Waals surface area (Å²) < 4.78 is 5.48. The summed E-state index contributed by atoms with van der Waals surface area (Å²) in [6.07, 6.45) is 1.41. The Labute approximate surface area is 170 Å². The van der Waals surface area contributed by atoms with E-state index in [-0.39, 0.29) is 23.2 Å². The van der Waals surface area contributed by atoms with Crippen molar-refractivity contribution < 1.29 is 19.1 Å². The minimum atomic E-state index is -0.581. The van der Waals surface area contributed by atoms with E-state index in [9.17, 15) is 14.4 Å². The van der Waals surface area contributed by atoms with E-state index in [0.29, 0.717) is 22.0 Å². The normalized spacial score (nSPS) is 13.5. The van der Waals surface area contributed by atoms with Crippen molar-refractivity contribution in [3.63, 3.8) is 0 Å². The van der Waals surface area contributed by atoms with Crippen molar-refractivity contribution in [2.45, 2.75) is 0 Å². The molecule has 3 amide bonds. The van der Waals surface area contributed by atoms with Crippen molar-refractivity contribution in [1.29, 1.82) is 0 Å². The van der Waals surface area contributed by atoms with Crippen LogP contribution in [0.1, 0.15) is 5.56 Å². The van der Waals surface area contributed by atoms with E-state index in [1.165, 1.54) is 6.08 Å². The zero-order valence-electron chi connectivity index (χ0n) is 14.3. The first kappa shape index (κ1) is 19.5. The van der Waals surface area contributed by atoms with Gasteiger partial charge in [-0.1, -0.05) is 23.7 Å². The Balaban J connectivity index is 1.63. The Morgan fingerprint density at radius 2 is 1.79 bits per heavy atom. The zero-order valence-corrected chi connectivity index (χ0v) is 15.9. The van der Waals surface area contributed by atoms with Gasteiger partial charge < -0.3 is 10.1 Å². The number of carbonyl (C=O) groups excluding carboxylic acids is 3. The molecule has 0 spiro atoms. The maximum absolute atomic E-state index is 12.0. The molecule has 2 aromatic carbocycles. The lowest BCUT2D eigenvalue weighted by Gasteiger charge is -2.16. The summed E-state index contributed by atoms with van der Waals surface area (Å²) in [5.41, 5.74) is 1.08. The molecular weight excluding hydrogens is 402 g/mol. The highest BCUT2D eigenvalue weighted by Gasteiger charge is 2.25. The van der Waals surface area contributed by atoms with Gasteiger partial charge in [-0.15, -0.1) is 0 Å². The first-order chi connectivity index (χ1) is 13.4. The van der Waals surface area contributed by atoms with Crippen molar-refractivity contribution in [2.24, 2.45) is 0 Å². The molecule has 28 heavy (non-hydrogen) atoms. The van der Waals surface area contributed by atoms with Gasteiger partial charge in [0, 0.05) is 10.7 Å². The molecular formula is C19H14ClN3O4S. The van der Waals surface area contributed by atoms with Gasteiger partial charge in [-0.05, 0) is 60.3 Å². The minimum absolute atomic E-state index is 0.0315. The van der Waals surface area contributed by atoms with Crippen LogP contribution in [0.3, 0.4) is 0 Å². The lowest BCUT2D eigenvalue weighted by Crippen LogP contribution is -2.51. The molecule has 0 radical (unpaired) electrons. The molecule has 9 heteroatoms. The predicted octanol–water partition coefficient (Wildman–Crippen LogP) is 2.27. The standard InChI is InChI=1S/C19H14ClN3O4S/c20-12-4-6-13(7-5-12)21-16(24)10-27-14-3-1-2-11(8-14)9-15-17(25)22-19(28)23-18(15)26/h1-9H,10H2,(H,21,24)(H2,22,23,25,26,28). The molecule has 7 nitrogen and oxygen atoms in total. The van der Waals surface area contributed by atoms with Crippen LogP contribution < -0.4 is 20.7 Å². The molecule has 1 heterocycles. The molecule has 1 aliphatic heterocycles. The number of thiocarbonyl (C=S) groups is 1. The second kappa shape index (κ2) is 8.64. The van der Waals surface area contributed by atoms with E-state index in [1.807, 2.05) is 0 Å². The molecule has 142 valence electrons. The lowest BCUT2D eigenvalue weighted by molar-refractivity contribution is -0.123. The second-order valence-electron chi connectivity index (χ2n) is 5.71. The summed E-state index contributed by atoms with van der Waals surface area (Å²) in [4.78, 5) is 35.8. The lowest BCUT2D eigenvalue weighted by atomic mass is 10.1. The fraction of sp³-hybridized carbons (Fsp3) is 0.0526. The molecule has 0 bridgehead atoms. The largest absolute Gasteiger partial charge is 0.484 e. The Morgan fingerprint density at radius 1 is 1.11 bits per heavy atom. The van der Waals surface area contributed by atoms with Gasteiger partial charge in [0.2, 0.25) is 0 Å². The highest BCUT2D eigenvalue weighted by Crippen LogP contribution is 2.17. The summed E-state index contributed by atoms with van der Waals surface area (Å²) in [6, 6.07) is 13.3. The average Bonchev–Trinajstić information content (AvgIpc) is 2.65. The van der Waals surface area contributed by atoms with Crippen LogP contribution in [0.25, 0.3) is 6.08 Å². The first-order valence-corrected chi connectivity index (χ1v) is 8.86. The molecule has 0 aromatic heterocycles. The fourth-order valence-electron chi connectivity index (χ4n) is 2.35. The van der Waals surface area contributed by atoms with Gasteiger partial charge in [0.05, 0.1) is 0 Å². The molecule has 3 rings (SSSR count). The van der Waals surface area contributed by atoms with E-state index in [1.54, 1.807) is 48.5 Å². The van der Waals surface area contributed by atoms with Crippen molar-refractivity contribution in [3.05, 3.63) is 64.7 Å². The molecule has 3 N–H and O–H groups in total. The Morgan fingerprint density at radius 3 is 2.46 bits per heavy atom. The van der Waals surface area contributed by atoms with Crippen LogP contribution in [0.15, 0.2) is 54.1 Å². The van der Waals surface area contributed by atoms with Crippen LogP contribution in [0.4, 0.5) is 5.69 Å². The molecule has 2 aromatic rings. The summed E-state index contributed by atoms with van der Waals surface area (Å²) in [5.74, 6) is -1.09. The molecule has 0 aliphatic carbocycles.